The van der Waals surface area contributed by atoms with E-state index in [2.05, 4.69) is 0 Å². The number of carbonyl (C=O) groups is 4. The van der Waals surface area contributed by atoms with Crippen molar-refractivity contribution < 1.29 is 23.9 Å². The number of hydrogen-bond donors (Lipinski definition) is 0. The third kappa shape index (κ3) is 3.32. The molecule has 2 atom stereocenters. The van der Waals surface area contributed by atoms with E-state index in [1.165, 1.54) is 4.90 Å². The van der Waals surface area contributed by atoms with Crippen molar-refractivity contribution in [1.29, 1.82) is 0 Å². The van der Waals surface area contributed by atoms with Crippen LogP contribution in [0.1, 0.15) is 24.8 Å². The molecule has 2 heterocycles. The van der Waals surface area contributed by atoms with E-state index in [1.54, 1.807) is 4.90 Å². The third-order valence-corrected chi connectivity index (χ3v) is 5.68. The van der Waals surface area contributed by atoms with Crippen LogP contribution < -0.4 is 4.90 Å². The molecule has 0 radical (unpaired) electrons. The van der Waals surface area contributed by atoms with Crippen molar-refractivity contribution in [3.63, 3.8) is 0 Å². The maximum absolute atomic E-state index is 12.4. The van der Waals surface area contributed by atoms with Crippen LogP contribution >= 0.6 is 0 Å². The van der Waals surface area contributed by atoms with E-state index in [9.17, 15) is 19.2 Å². The second kappa shape index (κ2) is 7.58. The summed E-state index contributed by atoms with van der Waals surface area (Å²) in [6.07, 6.45) is 5.67. The standard InChI is InChI=1S/C21H22N2O5/c24-18(22-11-9-14-5-1-4-8-17(14)22)13-28-19(25)10-12-23-20(26)15-6-2-3-7-16(15)21(23)27/h1-5,8,15-16H,6-7,9-13H2/t15-,16+. The van der Waals surface area contributed by atoms with Crippen LogP contribution in [0.2, 0.25) is 0 Å². The predicted molar refractivity (Wildman–Crippen MR) is 100 cm³/mol. The molecule has 1 fully saturated rings. The van der Waals surface area contributed by atoms with Crippen molar-refractivity contribution in [2.24, 2.45) is 11.8 Å². The number of amides is 3. The van der Waals surface area contributed by atoms with E-state index in [-0.39, 0.29) is 49.1 Å². The Labute approximate surface area is 162 Å². The van der Waals surface area contributed by atoms with Crippen molar-refractivity contribution in [1.82, 2.24) is 4.90 Å². The summed E-state index contributed by atoms with van der Waals surface area (Å²) >= 11 is 0. The van der Waals surface area contributed by atoms with Crippen molar-refractivity contribution in [3.05, 3.63) is 42.0 Å². The fourth-order valence-corrected chi connectivity index (χ4v) is 4.18. The zero-order valence-corrected chi connectivity index (χ0v) is 15.5. The summed E-state index contributed by atoms with van der Waals surface area (Å²) in [7, 11) is 0. The number of allylic oxidation sites excluding steroid dienone is 2. The van der Waals surface area contributed by atoms with Gasteiger partial charge in [-0.2, -0.15) is 0 Å². The average Bonchev–Trinajstić information content (AvgIpc) is 3.25. The number of anilines is 1. The first-order valence-corrected chi connectivity index (χ1v) is 9.60. The van der Waals surface area contributed by atoms with Gasteiger partial charge in [0.15, 0.2) is 6.61 Å². The Hall–Kier alpha value is -2.96. The zero-order chi connectivity index (χ0) is 19.7. The van der Waals surface area contributed by atoms with Gasteiger partial charge in [-0.15, -0.1) is 0 Å². The van der Waals surface area contributed by atoms with Gasteiger partial charge in [-0.05, 0) is 30.9 Å². The number of fused-ring (bicyclic) bond motifs is 2. The van der Waals surface area contributed by atoms with Gasteiger partial charge < -0.3 is 9.64 Å². The predicted octanol–water partition coefficient (Wildman–Crippen LogP) is 1.46. The summed E-state index contributed by atoms with van der Waals surface area (Å²) in [6.45, 7) is 0.234. The molecule has 1 aromatic rings. The molecule has 0 saturated carbocycles. The molecule has 1 saturated heterocycles. The second-order valence-corrected chi connectivity index (χ2v) is 7.32. The van der Waals surface area contributed by atoms with Gasteiger partial charge in [-0.1, -0.05) is 30.4 Å². The van der Waals surface area contributed by atoms with Crippen molar-refractivity contribution in [3.8, 4) is 0 Å². The number of ether oxygens (including phenoxy) is 1. The van der Waals surface area contributed by atoms with E-state index < -0.39 is 5.97 Å². The monoisotopic (exact) mass is 382 g/mol. The fraction of sp³-hybridized carbons (Fsp3) is 0.429. The molecule has 0 spiro atoms. The molecule has 0 bridgehead atoms. The van der Waals surface area contributed by atoms with Gasteiger partial charge in [-0.3, -0.25) is 24.1 Å². The fourth-order valence-electron chi connectivity index (χ4n) is 4.18. The SMILES string of the molecule is O=C(CCN1C(=O)[C@H]2CC=CC[C@H]2C1=O)OCC(=O)N1CCc2ccccc21. The maximum Gasteiger partial charge on any atom is 0.308 e. The van der Waals surface area contributed by atoms with E-state index in [4.69, 9.17) is 4.74 Å². The molecule has 7 heteroatoms. The van der Waals surface area contributed by atoms with Gasteiger partial charge >= 0.3 is 5.97 Å². The molecule has 0 unspecified atom stereocenters. The summed E-state index contributed by atoms with van der Waals surface area (Å²) in [5, 5.41) is 0. The van der Waals surface area contributed by atoms with Crippen LogP contribution in [0.5, 0.6) is 0 Å². The number of para-hydroxylation sites is 1. The van der Waals surface area contributed by atoms with Gasteiger partial charge in [0, 0.05) is 18.8 Å². The van der Waals surface area contributed by atoms with Crippen LogP contribution in [0.15, 0.2) is 36.4 Å². The Morgan fingerprint density at radius 1 is 1.04 bits per heavy atom. The summed E-state index contributed by atoms with van der Waals surface area (Å²) in [5.74, 6) is -1.89. The first-order valence-electron chi connectivity index (χ1n) is 9.60. The largest absolute Gasteiger partial charge is 0.455 e. The molecule has 3 amide bonds. The van der Waals surface area contributed by atoms with E-state index in [1.807, 2.05) is 36.4 Å². The van der Waals surface area contributed by atoms with Crippen LogP contribution in [0, 0.1) is 11.8 Å². The molecule has 4 rings (SSSR count). The second-order valence-electron chi connectivity index (χ2n) is 7.32. The Morgan fingerprint density at radius 2 is 1.71 bits per heavy atom. The topological polar surface area (TPSA) is 84.0 Å². The lowest BCUT2D eigenvalue weighted by Gasteiger charge is -2.17. The van der Waals surface area contributed by atoms with E-state index in [0.717, 1.165) is 17.7 Å². The number of carbonyl (C=O) groups excluding carboxylic acids is 4. The Bertz CT molecular complexity index is 836. The molecule has 0 aromatic heterocycles. The molecule has 28 heavy (non-hydrogen) atoms. The molecular weight excluding hydrogens is 360 g/mol. The summed E-state index contributed by atoms with van der Waals surface area (Å²) in [5.41, 5.74) is 1.96. The number of imide groups is 1. The lowest BCUT2D eigenvalue weighted by atomic mass is 9.85. The average molecular weight is 382 g/mol. The number of likely N-dealkylation sites (tertiary alicyclic amines) is 1. The van der Waals surface area contributed by atoms with E-state index >= 15 is 0 Å². The number of nitrogens with zero attached hydrogens (tertiary/aromatic N) is 2. The number of esters is 1. The highest BCUT2D eigenvalue weighted by molar-refractivity contribution is 6.05. The van der Waals surface area contributed by atoms with Crippen molar-refractivity contribution >= 4 is 29.4 Å². The minimum atomic E-state index is -0.588. The molecule has 2 aliphatic heterocycles. The smallest absolute Gasteiger partial charge is 0.308 e. The Balaban J connectivity index is 1.26. The van der Waals surface area contributed by atoms with Gasteiger partial charge in [0.25, 0.3) is 5.91 Å². The van der Waals surface area contributed by atoms with E-state index in [0.29, 0.717) is 19.4 Å². The first kappa shape index (κ1) is 18.4. The van der Waals surface area contributed by atoms with Crippen LogP contribution in [0.4, 0.5) is 5.69 Å². The summed E-state index contributed by atoms with van der Waals surface area (Å²) < 4.78 is 5.09. The minimum absolute atomic E-state index is 0.00420. The lowest BCUT2D eigenvalue weighted by Crippen LogP contribution is -2.35. The van der Waals surface area contributed by atoms with Crippen LogP contribution in [0.3, 0.4) is 0 Å². The highest BCUT2D eigenvalue weighted by atomic mass is 16.5. The number of hydrogen-bond acceptors (Lipinski definition) is 5. The van der Waals surface area contributed by atoms with Crippen LogP contribution in [-0.4, -0.2) is 48.3 Å². The molecule has 146 valence electrons. The van der Waals surface area contributed by atoms with Gasteiger partial charge in [-0.25, -0.2) is 0 Å². The highest BCUT2D eigenvalue weighted by Crippen LogP contribution is 2.35. The van der Waals surface area contributed by atoms with Gasteiger partial charge in [0.2, 0.25) is 11.8 Å². The first-order chi connectivity index (χ1) is 13.6. The molecule has 1 aromatic carbocycles. The number of benzene rings is 1. The molecule has 1 aliphatic carbocycles. The lowest BCUT2D eigenvalue weighted by molar-refractivity contribution is -0.149. The molecular formula is C21H22N2O5. The normalized spacial score (nSPS) is 23.0. The van der Waals surface area contributed by atoms with Crippen molar-refractivity contribution in [2.45, 2.75) is 25.7 Å². The van der Waals surface area contributed by atoms with Gasteiger partial charge in [0.1, 0.15) is 0 Å². The minimum Gasteiger partial charge on any atom is -0.455 e. The van der Waals surface area contributed by atoms with Gasteiger partial charge in [0.05, 0.1) is 18.3 Å². The van der Waals surface area contributed by atoms with Crippen molar-refractivity contribution in [2.75, 3.05) is 24.6 Å². The zero-order valence-electron chi connectivity index (χ0n) is 15.5. The van der Waals surface area contributed by atoms with Crippen LogP contribution in [0.25, 0.3) is 0 Å². The Morgan fingerprint density at radius 3 is 2.43 bits per heavy atom. The summed E-state index contributed by atoms with van der Waals surface area (Å²) in [4.78, 5) is 52.0. The third-order valence-electron chi connectivity index (χ3n) is 5.68. The highest BCUT2D eigenvalue weighted by Gasteiger charge is 2.46. The summed E-state index contributed by atoms with van der Waals surface area (Å²) in [6, 6.07) is 7.65. The van der Waals surface area contributed by atoms with Crippen LogP contribution in [-0.2, 0) is 30.3 Å². The maximum atomic E-state index is 12.4. The molecule has 3 aliphatic rings. The Kier molecular flexibility index (Phi) is 4.98. The quantitative estimate of drug-likeness (QED) is 0.437. The molecule has 7 nitrogen and oxygen atoms in total. The molecule has 0 N–H and O–H groups in total. The number of rotatable bonds is 5.